The predicted octanol–water partition coefficient (Wildman–Crippen LogP) is 3.31. The van der Waals surface area contributed by atoms with Gasteiger partial charge in [0.25, 0.3) is 5.91 Å². The Hall–Kier alpha value is -5.46. The molecule has 3 N–H and O–H groups in total. The molecule has 2 unspecified atom stereocenters. The number of benzene rings is 2. The fourth-order valence-electron chi connectivity index (χ4n) is 6.03. The van der Waals surface area contributed by atoms with Crippen molar-refractivity contribution in [2.75, 3.05) is 68.4 Å². The Labute approximate surface area is 283 Å². The molecular weight excluding hydrogens is 629 g/mol. The van der Waals surface area contributed by atoms with Crippen LogP contribution in [0.25, 0.3) is 11.4 Å². The maximum absolute atomic E-state index is 15.2. The highest BCUT2D eigenvalue weighted by Gasteiger charge is 2.34. The van der Waals surface area contributed by atoms with Crippen LogP contribution in [0.3, 0.4) is 0 Å². The summed E-state index contributed by atoms with van der Waals surface area (Å²) in [5, 5.41) is 13.1. The number of aromatic nitrogens is 5. The number of carbonyl (C=O) groups is 1. The van der Waals surface area contributed by atoms with Crippen molar-refractivity contribution in [1.82, 2.24) is 34.7 Å². The smallest absolute Gasteiger partial charge is 0.274 e. The Balaban J connectivity index is 0.00000417. The SMILES string of the molecule is C.N#Cc1cc(-c2ncnc(Nc3ccc(N4CCN(C5COC5)CC4)cc3)n2)ccc1OC1CCN(C(=O)c2cncc(N)n2)CC1F. The van der Waals surface area contributed by atoms with Crippen LogP contribution >= 0.6 is 0 Å². The summed E-state index contributed by atoms with van der Waals surface area (Å²) in [7, 11) is 0. The van der Waals surface area contributed by atoms with E-state index in [0.717, 1.165) is 45.1 Å². The van der Waals surface area contributed by atoms with Crippen LogP contribution in [0.2, 0.25) is 0 Å². The Bertz CT molecular complexity index is 1810. The normalized spacial score (nSPS) is 19.7. The molecule has 5 heterocycles. The number of nitriles is 1. The first kappa shape index (κ1) is 33.4. The van der Waals surface area contributed by atoms with Gasteiger partial charge in [0.05, 0.1) is 43.8 Å². The molecule has 0 bridgehead atoms. The Kier molecular flexibility index (Phi) is 10.1. The molecular formula is C34H38FN11O3. The van der Waals surface area contributed by atoms with Gasteiger partial charge in [0.2, 0.25) is 5.95 Å². The molecule has 7 rings (SSSR count). The van der Waals surface area contributed by atoms with Gasteiger partial charge in [-0.2, -0.15) is 10.2 Å². The molecule has 2 atom stereocenters. The monoisotopic (exact) mass is 667 g/mol. The molecule has 3 saturated heterocycles. The topological polar surface area (TPSA) is 172 Å². The van der Waals surface area contributed by atoms with Gasteiger partial charge in [-0.3, -0.25) is 14.7 Å². The molecule has 0 radical (unpaired) electrons. The number of nitrogens with two attached hydrogens (primary N) is 1. The number of hydrogen-bond acceptors (Lipinski definition) is 13. The van der Waals surface area contributed by atoms with Crippen LogP contribution in [0.5, 0.6) is 5.75 Å². The second kappa shape index (κ2) is 14.8. The van der Waals surface area contributed by atoms with Gasteiger partial charge >= 0.3 is 0 Å². The number of halogens is 1. The van der Waals surface area contributed by atoms with Gasteiger partial charge in [-0.15, -0.1) is 0 Å². The minimum Gasteiger partial charge on any atom is -0.486 e. The molecule has 3 aliphatic heterocycles. The standard InChI is InChI=1S/C33H34FN11O3.CH4/c34-26-17-45(32(46)27-15-37-16-30(36)41-27)8-7-29(26)48-28-6-1-21(13-22(28)14-35)31-38-20-39-33(42-31)40-23-2-4-24(5-3-23)43-9-11-44(12-10-43)25-18-47-19-25;/h1-6,13,15-16,20,25-26,29H,7-12,17-19H2,(H2,36,41)(H,38,39,40,42);1H4. The molecule has 254 valence electrons. The van der Waals surface area contributed by atoms with Crippen molar-refractivity contribution in [2.24, 2.45) is 0 Å². The van der Waals surface area contributed by atoms with Gasteiger partial charge in [-0.1, -0.05) is 7.43 Å². The zero-order chi connectivity index (χ0) is 33.0. The van der Waals surface area contributed by atoms with Crippen LogP contribution in [0.15, 0.2) is 61.2 Å². The van der Waals surface area contributed by atoms with E-state index in [1.165, 1.54) is 29.3 Å². The van der Waals surface area contributed by atoms with Crippen molar-refractivity contribution in [3.63, 3.8) is 0 Å². The first-order valence-electron chi connectivity index (χ1n) is 15.8. The van der Waals surface area contributed by atoms with E-state index in [1.807, 2.05) is 12.1 Å². The van der Waals surface area contributed by atoms with Crippen LogP contribution in [0.4, 0.5) is 27.5 Å². The van der Waals surface area contributed by atoms with Crippen molar-refractivity contribution in [3.05, 3.63) is 72.4 Å². The minimum absolute atomic E-state index is 0. The molecule has 3 fully saturated rings. The highest BCUT2D eigenvalue weighted by Crippen LogP contribution is 2.29. The number of rotatable bonds is 8. The van der Waals surface area contributed by atoms with Gasteiger partial charge in [0, 0.05) is 56.1 Å². The minimum atomic E-state index is -1.48. The first-order valence-corrected chi connectivity index (χ1v) is 15.8. The number of nitrogen functional groups attached to an aromatic ring is 1. The highest BCUT2D eigenvalue weighted by atomic mass is 19.1. The Morgan fingerprint density at radius 2 is 1.84 bits per heavy atom. The second-order valence-electron chi connectivity index (χ2n) is 11.9. The van der Waals surface area contributed by atoms with Crippen molar-refractivity contribution >= 4 is 29.0 Å². The lowest BCUT2D eigenvalue weighted by Gasteiger charge is -2.43. The molecule has 1 amide bonds. The summed E-state index contributed by atoms with van der Waals surface area (Å²) in [6.07, 6.45) is 1.94. The summed E-state index contributed by atoms with van der Waals surface area (Å²) in [5.41, 5.74) is 8.47. The van der Waals surface area contributed by atoms with E-state index in [4.69, 9.17) is 15.2 Å². The quantitative estimate of drug-likeness (QED) is 0.281. The van der Waals surface area contributed by atoms with Crippen molar-refractivity contribution in [2.45, 2.75) is 32.2 Å². The van der Waals surface area contributed by atoms with E-state index in [2.05, 4.69) is 58.2 Å². The third-order valence-electron chi connectivity index (χ3n) is 8.79. The molecule has 49 heavy (non-hydrogen) atoms. The molecule has 3 aliphatic rings. The van der Waals surface area contributed by atoms with E-state index in [1.54, 1.807) is 18.2 Å². The molecule has 0 aliphatic carbocycles. The third kappa shape index (κ3) is 7.50. The number of likely N-dealkylation sites (tertiary alicyclic amines) is 1. The predicted molar refractivity (Wildman–Crippen MR) is 181 cm³/mol. The van der Waals surface area contributed by atoms with Crippen LogP contribution < -0.4 is 20.7 Å². The average molecular weight is 668 g/mol. The summed E-state index contributed by atoms with van der Waals surface area (Å²) >= 11 is 0. The van der Waals surface area contributed by atoms with Crippen LogP contribution in [-0.2, 0) is 4.74 Å². The Morgan fingerprint density at radius 3 is 2.53 bits per heavy atom. The number of piperidine rings is 1. The molecule has 0 saturated carbocycles. The second-order valence-corrected chi connectivity index (χ2v) is 11.9. The maximum Gasteiger partial charge on any atom is 0.274 e. The van der Waals surface area contributed by atoms with Crippen LogP contribution in [0.1, 0.15) is 29.9 Å². The molecule has 15 heteroatoms. The van der Waals surface area contributed by atoms with E-state index in [9.17, 15) is 10.1 Å². The van der Waals surface area contributed by atoms with Gasteiger partial charge in [0.1, 0.15) is 35.8 Å². The third-order valence-corrected chi connectivity index (χ3v) is 8.79. The summed E-state index contributed by atoms with van der Waals surface area (Å²) in [6.45, 7) is 5.76. The maximum atomic E-state index is 15.2. The number of ether oxygens (including phenoxy) is 2. The fourth-order valence-corrected chi connectivity index (χ4v) is 6.03. The fraction of sp³-hybridized carbons (Fsp3) is 0.382. The number of piperazine rings is 1. The molecule has 14 nitrogen and oxygen atoms in total. The number of anilines is 4. The highest BCUT2D eigenvalue weighted by molar-refractivity contribution is 5.92. The van der Waals surface area contributed by atoms with Gasteiger partial charge < -0.3 is 30.3 Å². The summed E-state index contributed by atoms with van der Waals surface area (Å²) < 4.78 is 26.5. The number of alkyl halides is 1. The average Bonchev–Trinajstić information content (AvgIpc) is 3.09. The van der Waals surface area contributed by atoms with Gasteiger partial charge in [-0.25, -0.2) is 19.3 Å². The van der Waals surface area contributed by atoms with Gasteiger partial charge in [0.15, 0.2) is 12.0 Å². The summed E-state index contributed by atoms with van der Waals surface area (Å²) in [6, 6.07) is 15.8. The number of amides is 1. The van der Waals surface area contributed by atoms with E-state index >= 15 is 4.39 Å². The largest absolute Gasteiger partial charge is 0.486 e. The molecule has 2 aromatic carbocycles. The Morgan fingerprint density at radius 1 is 1.04 bits per heavy atom. The lowest BCUT2D eigenvalue weighted by molar-refractivity contribution is -0.0660. The summed E-state index contributed by atoms with van der Waals surface area (Å²) in [5.74, 6) is 0.612. The van der Waals surface area contributed by atoms with E-state index < -0.39 is 18.2 Å². The van der Waals surface area contributed by atoms with Crippen LogP contribution in [-0.4, -0.2) is 111 Å². The number of carbonyl (C=O) groups excluding carboxylic acids is 1. The lowest BCUT2D eigenvalue weighted by Crippen LogP contribution is -2.56. The first-order chi connectivity index (χ1) is 23.4. The van der Waals surface area contributed by atoms with Gasteiger partial charge in [-0.05, 0) is 42.5 Å². The number of nitrogens with one attached hydrogen (secondary N) is 1. The number of nitrogens with zero attached hydrogens (tertiary/aromatic N) is 9. The molecule has 4 aromatic rings. The van der Waals surface area contributed by atoms with Crippen LogP contribution in [0, 0.1) is 11.3 Å². The zero-order valence-electron chi connectivity index (χ0n) is 26.1. The number of hydrogen-bond donors (Lipinski definition) is 2. The molecule has 2 aromatic heterocycles. The van der Waals surface area contributed by atoms with Crippen molar-refractivity contribution < 1.29 is 18.7 Å². The molecule has 0 spiro atoms. The lowest BCUT2D eigenvalue weighted by atomic mass is 10.0. The van der Waals surface area contributed by atoms with E-state index in [-0.39, 0.29) is 49.8 Å². The zero-order valence-corrected chi connectivity index (χ0v) is 26.1. The van der Waals surface area contributed by atoms with E-state index in [0.29, 0.717) is 23.4 Å². The van der Waals surface area contributed by atoms with Crippen molar-refractivity contribution in [1.29, 1.82) is 5.26 Å². The van der Waals surface area contributed by atoms with Crippen molar-refractivity contribution in [3.8, 4) is 23.2 Å². The summed E-state index contributed by atoms with van der Waals surface area (Å²) in [4.78, 5) is 40.0.